The Balaban J connectivity index is 1.62. The van der Waals surface area contributed by atoms with Crippen molar-refractivity contribution in [3.8, 4) is 0 Å². The molecule has 3 aromatic carbocycles. The molecule has 0 saturated carbocycles. The molecule has 0 saturated heterocycles. The average Bonchev–Trinajstić information content (AvgIpc) is 3.07. The minimum absolute atomic E-state index is 0.0179. The predicted octanol–water partition coefficient (Wildman–Crippen LogP) is 5.34. The largest absolute Gasteiger partial charge is 0.327 e. The summed E-state index contributed by atoms with van der Waals surface area (Å²) in [5.41, 5.74) is 6.86. The van der Waals surface area contributed by atoms with E-state index in [0.717, 1.165) is 39.1 Å². The van der Waals surface area contributed by atoms with Crippen LogP contribution < -0.4 is 5.32 Å². The Kier molecular flexibility index (Phi) is 5.40. The Morgan fingerprint density at radius 2 is 1.70 bits per heavy atom. The molecule has 4 nitrogen and oxygen atoms in total. The van der Waals surface area contributed by atoms with Crippen molar-refractivity contribution in [2.24, 2.45) is 0 Å². The van der Waals surface area contributed by atoms with E-state index in [1.165, 1.54) is 0 Å². The maximum absolute atomic E-state index is 13.1. The third-order valence-electron chi connectivity index (χ3n) is 5.95. The molecule has 1 atom stereocenters. The Bertz CT molecular complexity index is 1100. The third kappa shape index (κ3) is 3.86. The highest BCUT2D eigenvalue weighted by atomic mass is 16.2. The predicted molar refractivity (Wildman–Crippen MR) is 119 cm³/mol. The molecule has 0 aliphatic carbocycles. The van der Waals surface area contributed by atoms with E-state index in [9.17, 15) is 9.59 Å². The normalized spacial score (nSPS) is 13.8. The molecular formula is C26H26N2O2. The number of carbonyl (C=O) groups is 2. The van der Waals surface area contributed by atoms with Crippen molar-refractivity contribution < 1.29 is 9.59 Å². The quantitative estimate of drug-likeness (QED) is 0.631. The van der Waals surface area contributed by atoms with E-state index < -0.39 is 0 Å². The summed E-state index contributed by atoms with van der Waals surface area (Å²) in [4.78, 5) is 27.9. The number of rotatable bonds is 5. The second-order valence-electron chi connectivity index (χ2n) is 8.02. The number of anilines is 1. The van der Waals surface area contributed by atoms with Crippen molar-refractivity contribution in [3.05, 3.63) is 100 Å². The summed E-state index contributed by atoms with van der Waals surface area (Å²) < 4.78 is 0. The van der Waals surface area contributed by atoms with Crippen LogP contribution in [0.4, 0.5) is 5.69 Å². The molecule has 152 valence electrons. The molecule has 0 unspecified atom stereocenters. The van der Waals surface area contributed by atoms with Crippen LogP contribution in [0.25, 0.3) is 0 Å². The highest BCUT2D eigenvalue weighted by Crippen LogP contribution is 2.34. The molecule has 0 fully saturated rings. The Morgan fingerprint density at radius 3 is 2.43 bits per heavy atom. The lowest BCUT2D eigenvalue weighted by atomic mass is 10.00. The van der Waals surface area contributed by atoms with Crippen LogP contribution in [0, 0.1) is 20.8 Å². The van der Waals surface area contributed by atoms with Gasteiger partial charge in [-0.15, -0.1) is 0 Å². The molecule has 0 bridgehead atoms. The molecule has 30 heavy (non-hydrogen) atoms. The first-order valence-corrected chi connectivity index (χ1v) is 10.3. The van der Waals surface area contributed by atoms with Crippen LogP contribution in [0.15, 0.2) is 66.7 Å². The number of hydrogen-bond acceptors (Lipinski definition) is 2. The number of aryl methyl sites for hydroxylation is 2. The number of nitrogens with one attached hydrogen (secondary N) is 1. The van der Waals surface area contributed by atoms with Crippen molar-refractivity contribution in [2.45, 2.75) is 39.8 Å². The minimum atomic E-state index is -0.324. The van der Waals surface area contributed by atoms with Gasteiger partial charge in [-0.2, -0.15) is 0 Å². The lowest BCUT2D eigenvalue weighted by Gasteiger charge is -2.28. The van der Waals surface area contributed by atoms with Crippen LogP contribution in [0.5, 0.6) is 0 Å². The average molecular weight is 399 g/mol. The van der Waals surface area contributed by atoms with Crippen LogP contribution in [-0.2, 0) is 11.3 Å². The van der Waals surface area contributed by atoms with Crippen molar-refractivity contribution in [1.29, 1.82) is 0 Å². The second-order valence-corrected chi connectivity index (χ2v) is 8.02. The van der Waals surface area contributed by atoms with Crippen LogP contribution in [0.3, 0.4) is 0 Å². The van der Waals surface area contributed by atoms with Gasteiger partial charge in [-0.25, -0.2) is 0 Å². The Morgan fingerprint density at radius 1 is 0.967 bits per heavy atom. The minimum Gasteiger partial charge on any atom is -0.327 e. The molecule has 4 rings (SSSR count). The van der Waals surface area contributed by atoms with Gasteiger partial charge in [0.1, 0.15) is 0 Å². The summed E-state index contributed by atoms with van der Waals surface area (Å²) in [6, 6.07) is 21.3. The van der Waals surface area contributed by atoms with Crippen molar-refractivity contribution in [2.75, 3.05) is 5.32 Å². The van der Waals surface area contributed by atoms with Gasteiger partial charge in [0.2, 0.25) is 5.91 Å². The fourth-order valence-electron chi connectivity index (χ4n) is 3.99. The fraction of sp³-hybridized carbons (Fsp3) is 0.231. The summed E-state index contributed by atoms with van der Waals surface area (Å²) in [6.07, 6.45) is 0.205. The van der Waals surface area contributed by atoms with E-state index >= 15 is 0 Å². The molecule has 0 aromatic heterocycles. The van der Waals surface area contributed by atoms with Gasteiger partial charge in [-0.3, -0.25) is 9.59 Å². The zero-order valence-electron chi connectivity index (χ0n) is 17.6. The van der Waals surface area contributed by atoms with Crippen molar-refractivity contribution in [1.82, 2.24) is 4.90 Å². The maximum atomic E-state index is 13.1. The van der Waals surface area contributed by atoms with E-state index in [1.807, 2.05) is 92.4 Å². The van der Waals surface area contributed by atoms with E-state index in [0.29, 0.717) is 6.54 Å². The third-order valence-corrected chi connectivity index (χ3v) is 5.95. The zero-order chi connectivity index (χ0) is 21.3. The van der Waals surface area contributed by atoms with E-state index in [-0.39, 0.29) is 24.3 Å². The summed E-state index contributed by atoms with van der Waals surface area (Å²) in [5.74, 6) is -0.117. The van der Waals surface area contributed by atoms with Gasteiger partial charge in [0, 0.05) is 17.8 Å². The van der Waals surface area contributed by atoms with Gasteiger partial charge in [-0.1, -0.05) is 60.2 Å². The van der Waals surface area contributed by atoms with E-state index in [1.54, 1.807) is 0 Å². The maximum Gasteiger partial charge on any atom is 0.255 e. The highest BCUT2D eigenvalue weighted by molar-refractivity contribution is 5.99. The van der Waals surface area contributed by atoms with Gasteiger partial charge in [-0.05, 0) is 55.2 Å². The van der Waals surface area contributed by atoms with E-state index in [2.05, 4.69) is 5.32 Å². The number of carbonyl (C=O) groups excluding carboxylic acids is 2. The van der Waals surface area contributed by atoms with Gasteiger partial charge in [0.15, 0.2) is 0 Å². The molecule has 1 heterocycles. The van der Waals surface area contributed by atoms with Crippen LogP contribution in [0.2, 0.25) is 0 Å². The van der Waals surface area contributed by atoms with Gasteiger partial charge in [0.25, 0.3) is 5.91 Å². The number of hydrogen-bond donors (Lipinski definition) is 1. The molecule has 2 amide bonds. The standard InChI is InChI=1S/C26H26N2O2/c1-17-11-13-20(14-12-17)24(28-16-21-8-4-5-9-22(21)26(28)30)15-25(29)27-23-10-6-7-18(2)19(23)3/h4-14,24H,15-16H2,1-3H3,(H,27,29)/t24-/m1/s1. The molecule has 1 N–H and O–H groups in total. The van der Waals surface area contributed by atoms with Crippen molar-refractivity contribution in [3.63, 3.8) is 0 Å². The second kappa shape index (κ2) is 8.15. The van der Waals surface area contributed by atoms with Gasteiger partial charge >= 0.3 is 0 Å². The lowest BCUT2D eigenvalue weighted by Crippen LogP contribution is -2.32. The molecule has 3 aromatic rings. The molecular weight excluding hydrogens is 372 g/mol. The summed E-state index contributed by atoms with van der Waals surface area (Å²) in [6.45, 7) is 6.58. The SMILES string of the molecule is Cc1ccc([C@@H](CC(=O)Nc2cccc(C)c2C)N2Cc3ccccc3C2=O)cc1. The number of fused-ring (bicyclic) bond motifs is 1. The zero-order valence-corrected chi connectivity index (χ0v) is 17.6. The smallest absolute Gasteiger partial charge is 0.255 e. The topological polar surface area (TPSA) is 49.4 Å². The summed E-state index contributed by atoms with van der Waals surface area (Å²) in [7, 11) is 0. The first kappa shape index (κ1) is 19.9. The van der Waals surface area contributed by atoms with Gasteiger partial charge in [0.05, 0.1) is 12.5 Å². The van der Waals surface area contributed by atoms with Crippen LogP contribution in [-0.4, -0.2) is 16.7 Å². The number of benzene rings is 3. The number of nitrogens with zero attached hydrogens (tertiary/aromatic N) is 1. The van der Waals surface area contributed by atoms with E-state index in [4.69, 9.17) is 0 Å². The highest BCUT2D eigenvalue weighted by Gasteiger charge is 2.34. The molecule has 0 radical (unpaired) electrons. The lowest BCUT2D eigenvalue weighted by molar-refractivity contribution is -0.117. The molecule has 1 aliphatic heterocycles. The van der Waals surface area contributed by atoms with Crippen LogP contribution in [0.1, 0.15) is 50.6 Å². The fourth-order valence-corrected chi connectivity index (χ4v) is 3.99. The Labute approximate surface area is 177 Å². The summed E-state index contributed by atoms with van der Waals surface area (Å²) >= 11 is 0. The number of amides is 2. The van der Waals surface area contributed by atoms with Gasteiger partial charge < -0.3 is 10.2 Å². The first-order chi connectivity index (χ1) is 14.4. The monoisotopic (exact) mass is 398 g/mol. The van der Waals surface area contributed by atoms with Crippen LogP contribution >= 0.6 is 0 Å². The van der Waals surface area contributed by atoms with Crippen molar-refractivity contribution >= 4 is 17.5 Å². The molecule has 0 spiro atoms. The summed E-state index contributed by atoms with van der Waals surface area (Å²) in [5, 5.41) is 3.05. The molecule has 4 heteroatoms. The molecule has 1 aliphatic rings. The first-order valence-electron chi connectivity index (χ1n) is 10.3. The Hall–Kier alpha value is -3.40.